The number of hydrogen-bond acceptors (Lipinski definition) is 7. The Balaban J connectivity index is 1.49. The van der Waals surface area contributed by atoms with Crippen molar-refractivity contribution >= 4 is 39.1 Å². The van der Waals surface area contributed by atoms with Crippen LogP contribution in [0.15, 0.2) is 60.2 Å². The predicted molar refractivity (Wildman–Crippen MR) is 115 cm³/mol. The summed E-state index contributed by atoms with van der Waals surface area (Å²) in [6.07, 6.45) is 1.37. The molecule has 0 aliphatic carbocycles. The zero-order valence-electron chi connectivity index (χ0n) is 16.3. The minimum absolute atomic E-state index is 0.266. The van der Waals surface area contributed by atoms with Gasteiger partial charge < -0.3 is 14.8 Å². The molecule has 2 aromatic carbocycles. The van der Waals surface area contributed by atoms with Gasteiger partial charge in [0.2, 0.25) is 5.88 Å². The van der Waals surface area contributed by atoms with Crippen molar-refractivity contribution in [2.45, 2.75) is 0 Å². The van der Waals surface area contributed by atoms with Gasteiger partial charge in [0.05, 0.1) is 18.1 Å². The van der Waals surface area contributed by atoms with E-state index in [-0.39, 0.29) is 18.3 Å². The molecule has 4 rings (SSSR count). The van der Waals surface area contributed by atoms with Crippen LogP contribution in [0.3, 0.4) is 0 Å². The lowest BCUT2D eigenvalue weighted by molar-refractivity contribution is -0.118. The fourth-order valence-electron chi connectivity index (χ4n) is 2.94. The molecule has 2 heterocycles. The molecule has 0 atom stereocenters. The maximum atomic E-state index is 13.3. The number of hydrogen-bond donors (Lipinski definition) is 1. The van der Waals surface area contributed by atoms with Crippen LogP contribution in [-0.2, 0) is 9.53 Å². The van der Waals surface area contributed by atoms with Crippen molar-refractivity contribution in [3.05, 3.63) is 71.6 Å². The summed E-state index contributed by atoms with van der Waals surface area (Å²) in [5.74, 6) is -0.910. The number of amides is 1. The second-order valence-electron chi connectivity index (χ2n) is 6.42. The van der Waals surface area contributed by atoms with Gasteiger partial charge >= 0.3 is 5.97 Å². The molecule has 0 saturated carbocycles. The van der Waals surface area contributed by atoms with E-state index < -0.39 is 11.9 Å². The number of fused-ring (bicyclic) bond motifs is 1. The summed E-state index contributed by atoms with van der Waals surface area (Å²) in [6, 6.07) is 12.4. The number of methoxy groups -OCH3 is 1. The van der Waals surface area contributed by atoms with Crippen LogP contribution in [0.2, 0.25) is 0 Å². The Kier molecular flexibility index (Phi) is 5.85. The van der Waals surface area contributed by atoms with E-state index in [4.69, 9.17) is 4.74 Å². The minimum atomic E-state index is -0.457. The first-order valence-corrected chi connectivity index (χ1v) is 10.0. The first kappa shape index (κ1) is 20.4. The van der Waals surface area contributed by atoms with Gasteiger partial charge in [-0.1, -0.05) is 12.1 Å². The summed E-state index contributed by atoms with van der Waals surface area (Å²) in [7, 11) is 1.30. The van der Waals surface area contributed by atoms with Crippen LogP contribution in [-0.4, -0.2) is 35.6 Å². The van der Waals surface area contributed by atoms with E-state index in [0.717, 1.165) is 11.1 Å². The van der Waals surface area contributed by atoms with Gasteiger partial charge in [0, 0.05) is 16.6 Å². The van der Waals surface area contributed by atoms with Gasteiger partial charge in [-0.25, -0.2) is 19.2 Å². The lowest BCUT2D eigenvalue weighted by atomic mass is 10.1. The van der Waals surface area contributed by atoms with E-state index >= 15 is 0 Å². The summed E-state index contributed by atoms with van der Waals surface area (Å²) in [6.45, 7) is -0.274. The first-order valence-electron chi connectivity index (χ1n) is 9.14. The second kappa shape index (κ2) is 8.88. The fourth-order valence-corrected chi connectivity index (χ4v) is 3.84. The normalized spacial score (nSPS) is 10.6. The van der Waals surface area contributed by atoms with Crippen LogP contribution in [0.4, 0.5) is 10.1 Å². The molecule has 0 bridgehead atoms. The van der Waals surface area contributed by atoms with Gasteiger partial charge in [-0.05, 0) is 42.0 Å². The largest absolute Gasteiger partial charge is 0.467 e. The lowest BCUT2D eigenvalue weighted by Gasteiger charge is -2.09. The highest BCUT2D eigenvalue weighted by molar-refractivity contribution is 7.17. The predicted octanol–water partition coefficient (Wildman–Crippen LogP) is 4.30. The Bertz CT molecular complexity index is 1240. The lowest BCUT2D eigenvalue weighted by Crippen LogP contribution is -2.20. The number of thiophene rings is 1. The van der Waals surface area contributed by atoms with Crippen LogP contribution >= 0.6 is 11.3 Å². The zero-order valence-corrected chi connectivity index (χ0v) is 17.1. The number of ether oxygens (including phenoxy) is 2. The number of nitrogens with one attached hydrogen (secondary N) is 1. The van der Waals surface area contributed by atoms with Gasteiger partial charge in [-0.2, -0.15) is 0 Å². The molecule has 0 saturated heterocycles. The molecule has 0 unspecified atom stereocenters. The van der Waals surface area contributed by atoms with E-state index in [1.165, 1.54) is 36.9 Å². The van der Waals surface area contributed by atoms with Crippen molar-refractivity contribution < 1.29 is 23.5 Å². The third-order valence-corrected chi connectivity index (χ3v) is 5.31. The number of anilines is 1. The van der Waals surface area contributed by atoms with Gasteiger partial charge in [0.1, 0.15) is 17.0 Å². The van der Waals surface area contributed by atoms with Gasteiger partial charge in [-0.15, -0.1) is 11.3 Å². The highest BCUT2D eigenvalue weighted by atomic mass is 32.1. The zero-order chi connectivity index (χ0) is 21.8. The topological polar surface area (TPSA) is 90.4 Å². The second-order valence-corrected chi connectivity index (χ2v) is 7.28. The molecule has 4 aromatic rings. The van der Waals surface area contributed by atoms with E-state index in [1.807, 2.05) is 5.38 Å². The molecule has 0 spiro atoms. The van der Waals surface area contributed by atoms with E-state index in [0.29, 0.717) is 21.5 Å². The highest BCUT2D eigenvalue weighted by Crippen LogP contribution is 2.37. The Hall–Kier alpha value is -3.85. The number of esters is 1. The molecular formula is C22H16FN3O4S. The molecule has 156 valence electrons. The third-order valence-electron chi connectivity index (χ3n) is 4.42. The molecule has 1 amide bonds. The Morgan fingerprint density at radius 2 is 1.81 bits per heavy atom. The molecule has 2 aromatic heterocycles. The molecule has 9 heteroatoms. The molecule has 1 N–H and O–H groups in total. The van der Waals surface area contributed by atoms with Crippen LogP contribution in [0, 0.1) is 5.82 Å². The van der Waals surface area contributed by atoms with Gasteiger partial charge in [0.15, 0.2) is 6.61 Å². The van der Waals surface area contributed by atoms with Crippen LogP contribution in [0.25, 0.3) is 21.3 Å². The van der Waals surface area contributed by atoms with Crippen molar-refractivity contribution in [3.63, 3.8) is 0 Å². The third kappa shape index (κ3) is 4.51. The van der Waals surface area contributed by atoms with Crippen molar-refractivity contribution in [2.75, 3.05) is 19.0 Å². The average Bonchev–Trinajstić information content (AvgIpc) is 3.23. The summed E-state index contributed by atoms with van der Waals surface area (Å²) in [5, 5.41) is 5.24. The smallest absolute Gasteiger partial charge is 0.337 e. The first-order chi connectivity index (χ1) is 15.0. The Morgan fingerprint density at radius 1 is 1.06 bits per heavy atom. The van der Waals surface area contributed by atoms with Crippen molar-refractivity contribution in [1.29, 1.82) is 0 Å². The summed E-state index contributed by atoms with van der Waals surface area (Å²) >= 11 is 1.41. The molecule has 31 heavy (non-hydrogen) atoms. The van der Waals surface area contributed by atoms with Crippen molar-refractivity contribution in [3.8, 4) is 17.0 Å². The van der Waals surface area contributed by atoms with Gasteiger partial charge in [0.25, 0.3) is 5.91 Å². The number of rotatable bonds is 6. The number of benzene rings is 2. The maximum Gasteiger partial charge on any atom is 0.337 e. The number of aromatic nitrogens is 2. The number of halogens is 1. The minimum Gasteiger partial charge on any atom is -0.467 e. The maximum absolute atomic E-state index is 13.3. The molecule has 0 aliphatic heterocycles. The standard InChI is InChI=1S/C22H16FN3O4S/c1-29-22(28)14-4-8-16(9-5-14)26-18(27)10-30-20-19-17(11-31-21(19)25-12-24-20)13-2-6-15(23)7-3-13/h2-9,11-12H,10H2,1H3,(H,26,27). The number of nitrogens with zero attached hydrogens (tertiary/aromatic N) is 2. The quantitative estimate of drug-likeness (QED) is 0.452. The average molecular weight is 437 g/mol. The SMILES string of the molecule is COC(=O)c1ccc(NC(=O)COc2ncnc3scc(-c4ccc(F)cc4)c23)cc1. The van der Waals surface area contributed by atoms with E-state index in [2.05, 4.69) is 20.0 Å². The Morgan fingerprint density at radius 3 is 2.52 bits per heavy atom. The van der Waals surface area contributed by atoms with Crippen LogP contribution in [0.1, 0.15) is 10.4 Å². The van der Waals surface area contributed by atoms with Crippen molar-refractivity contribution in [2.24, 2.45) is 0 Å². The van der Waals surface area contributed by atoms with E-state index in [1.54, 1.807) is 36.4 Å². The molecule has 7 nitrogen and oxygen atoms in total. The van der Waals surface area contributed by atoms with Crippen LogP contribution < -0.4 is 10.1 Å². The molecule has 0 fully saturated rings. The monoisotopic (exact) mass is 437 g/mol. The molecule has 0 aliphatic rings. The van der Waals surface area contributed by atoms with Crippen LogP contribution in [0.5, 0.6) is 5.88 Å². The fraction of sp³-hybridized carbons (Fsp3) is 0.0909. The molecule has 0 radical (unpaired) electrons. The molecular weight excluding hydrogens is 421 g/mol. The number of carbonyl (C=O) groups is 2. The summed E-state index contributed by atoms with van der Waals surface area (Å²) < 4.78 is 23.6. The van der Waals surface area contributed by atoms with Crippen molar-refractivity contribution in [1.82, 2.24) is 9.97 Å². The Labute approximate surface area is 180 Å². The summed E-state index contributed by atoms with van der Waals surface area (Å²) in [4.78, 5) is 32.9. The highest BCUT2D eigenvalue weighted by Gasteiger charge is 2.15. The van der Waals surface area contributed by atoms with Gasteiger partial charge in [-0.3, -0.25) is 4.79 Å². The summed E-state index contributed by atoms with van der Waals surface area (Å²) in [5.41, 5.74) is 2.49. The number of carbonyl (C=O) groups excluding carboxylic acids is 2. The van der Waals surface area contributed by atoms with E-state index in [9.17, 15) is 14.0 Å².